The number of fused-ring (bicyclic) bond motifs is 1. The van der Waals surface area contributed by atoms with Crippen molar-refractivity contribution in [2.24, 2.45) is 0 Å². The summed E-state index contributed by atoms with van der Waals surface area (Å²) in [6.45, 7) is 3.63. The minimum atomic E-state index is 0.150. The number of carbonyl (C=O) groups excluding carboxylic acids is 1. The molecule has 1 amide bonds. The number of nitrogens with one attached hydrogen (secondary N) is 1. The largest absolute Gasteiger partial charge is 0.307 e. The van der Waals surface area contributed by atoms with E-state index >= 15 is 0 Å². The van der Waals surface area contributed by atoms with Gasteiger partial charge in [0.2, 0.25) is 5.91 Å². The van der Waals surface area contributed by atoms with Gasteiger partial charge in [0, 0.05) is 17.7 Å². The summed E-state index contributed by atoms with van der Waals surface area (Å²) in [6.07, 6.45) is 4.74. The van der Waals surface area contributed by atoms with E-state index in [1.165, 1.54) is 12.8 Å². The van der Waals surface area contributed by atoms with Crippen LogP contribution >= 0.6 is 0 Å². The highest BCUT2D eigenvalue weighted by Gasteiger charge is 2.29. The van der Waals surface area contributed by atoms with Crippen LogP contribution in [0.5, 0.6) is 0 Å². The lowest BCUT2D eigenvalue weighted by Gasteiger charge is -2.31. The Bertz CT molecular complexity index is 769. The van der Waals surface area contributed by atoms with Gasteiger partial charge in [0.15, 0.2) is 0 Å². The standard InChI is InChI=1S/C20H24N4O/c1-14-16-10-11-18(25)24(13-15-7-3-2-4-8-15)20(16)23-19(22-14)17-9-5-6-12-21-17/h2-4,7-8,17,21H,5-6,9-13H2,1H3. The molecule has 1 saturated heterocycles. The predicted molar refractivity (Wildman–Crippen MR) is 97.3 cm³/mol. The highest BCUT2D eigenvalue weighted by Crippen LogP contribution is 2.31. The summed E-state index contributed by atoms with van der Waals surface area (Å²) < 4.78 is 0. The lowest BCUT2D eigenvalue weighted by atomic mass is 10.0. The van der Waals surface area contributed by atoms with Gasteiger partial charge >= 0.3 is 0 Å². The number of amides is 1. The molecule has 1 aromatic carbocycles. The number of piperidine rings is 1. The Labute approximate surface area is 148 Å². The van der Waals surface area contributed by atoms with Crippen molar-refractivity contribution >= 4 is 11.7 Å². The van der Waals surface area contributed by atoms with Gasteiger partial charge in [-0.05, 0) is 38.3 Å². The van der Waals surface area contributed by atoms with E-state index in [1.807, 2.05) is 30.0 Å². The molecular weight excluding hydrogens is 312 g/mol. The maximum absolute atomic E-state index is 12.6. The smallest absolute Gasteiger partial charge is 0.228 e. The molecule has 3 heterocycles. The van der Waals surface area contributed by atoms with E-state index in [4.69, 9.17) is 9.97 Å². The van der Waals surface area contributed by atoms with Crippen LogP contribution in [0.15, 0.2) is 30.3 Å². The van der Waals surface area contributed by atoms with Gasteiger partial charge in [-0.3, -0.25) is 9.69 Å². The second-order valence-corrected chi connectivity index (χ2v) is 6.94. The second kappa shape index (κ2) is 6.92. The molecule has 0 bridgehead atoms. The normalized spacial score (nSPS) is 20.4. The van der Waals surface area contributed by atoms with Crippen LogP contribution in [0.3, 0.4) is 0 Å². The Morgan fingerprint density at radius 2 is 2.00 bits per heavy atom. The molecule has 0 radical (unpaired) electrons. The van der Waals surface area contributed by atoms with Crippen LogP contribution in [0, 0.1) is 6.92 Å². The van der Waals surface area contributed by atoms with Gasteiger partial charge in [0.05, 0.1) is 12.6 Å². The van der Waals surface area contributed by atoms with Crippen molar-refractivity contribution in [2.75, 3.05) is 11.4 Å². The molecule has 2 aliphatic heterocycles. The summed E-state index contributed by atoms with van der Waals surface area (Å²) in [5.74, 6) is 1.80. The Morgan fingerprint density at radius 3 is 2.76 bits per heavy atom. The predicted octanol–water partition coefficient (Wildman–Crippen LogP) is 3.08. The van der Waals surface area contributed by atoms with Gasteiger partial charge in [0.1, 0.15) is 11.6 Å². The van der Waals surface area contributed by atoms with Gasteiger partial charge in [-0.1, -0.05) is 36.8 Å². The molecule has 0 saturated carbocycles. The number of carbonyl (C=O) groups is 1. The number of hydrogen-bond acceptors (Lipinski definition) is 4. The van der Waals surface area contributed by atoms with Crippen LogP contribution in [0.4, 0.5) is 5.82 Å². The van der Waals surface area contributed by atoms with Crippen molar-refractivity contribution in [2.45, 2.75) is 51.6 Å². The van der Waals surface area contributed by atoms with E-state index in [0.29, 0.717) is 13.0 Å². The highest BCUT2D eigenvalue weighted by atomic mass is 16.2. The lowest BCUT2D eigenvalue weighted by Crippen LogP contribution is -2.37. The number of benzene rings is 1. The third-order valence-corrected chi connectivity index (χ3v) is 5.16. The Hall–Kier alpha value is -2.27. The Morgan fingerprint density at radius 1 is 1.16 bits per heavy atom. The van der Waals surface area contributed by atoms with Crippen molar-refractivity contribution < 1.29 is 4.79 Å². The van der Waals surface area contributed by atoms with Crippen molar-refractivity contribution in [3.8, 4) is 0 Å². The van der Waals surface area contributed by atoms with Gasteiger partial charge < -0.3 is 5.32 Å². The lowest BCUT2D eigenvalue weighted by molar-refractivity contribution is -0.119. The molecular formula is C20H24N4O. The molecule has 1 unspecified atom stereocenters. The Kier molecular flexibility index (Phi) is 4.49. The van der Waals surface area contributed by atoms with Crippen LogP contribution in [-0.2, 0) is 17.8 Å². The number of rotatable bonds is 3. The minimum Gasteiger partial charge on any atom is -0.307 e. The first kappa shape index (κ1) is 16.2. The van der Waals surface area contributed by atoms with Gasteiger partial charge in [-0.25, -0.2) is 9.97 Å². The van der Waals surface area contributed by atoms with Crippen LogP contribution in [-0.4, -0.2) is 22.4 Å². The molecule has 1 fully saturated rings. The quantitative estimate of drug-likeness (QED) is 0.936. The van der Waals surface area contributed by atoms with E-state index in [1.54, 1.807) is 0 Å². The topological polar surface area (TPSA) is 58.1 Å². The monoisotopic (exact) mass is 336 g/mol. The molecule has 1 aromatic heterocycles. The van der Waals surface area contributed by atoms with Crippen LogP contribution in [0.1, 0.15) is 54.4 Å². The number of aryl methyl sites for hydroxylation is 1. The van der Waals surface area contributed by atoms with Gasteiger partial charge in [-0.2, -0.15) is 0 Å². The van der Waals surface area contributed by atoms with Crippen molar-refractivity contribution in [3.63, 3.8) is 0 Å². The third-order valence-electron chi connectivity index (χ3n) is 5.16. The van der Waals surface area contributed by atoms with Crippen LogP contribution < -0.4 is 10.2 Å². The maximum atomic E-state index is 12.6. The van der Waals surface area contributed by atoms with E-state index in [2.05, 4.69) is 17.4 Å². The summed E-state index contributed by atoms with van der Waals surface area (Å²) in [7, 11) is 0. The average molecular weight is 336 g/mol. The fourth-order valence-corrected chi connectivity index (χ4v) is 3.76. The fraction of sp³-hybridized carbons (Fsp3) is 0.450. The zero-order chi connectivity index (χ0) is 17.2. The first-order chi connectivity index (χ1) is 12.2. The highest BCUT2D eigenvalue weighted by molar-refractivity contribution is 5.95. The fourth-order valence-electron chi connectivity index (χ4n) is 3.76. The molecule has 5 heteroatoms. The zero-order valence-corrected chi connectivity index (χ0v) is 14.7. The minimum absolute atomic E-state index is 0.150. The first-order valence-electron chi connectivity index (χ1n) is 9.17. The van der Waals surface area contributed by atoms with Crippen molar-refractivity contribution in [1.82, 2.24) is 15.3 Å². The average Bonchev–Trinajstić information content (AvgIpc) is 2.65. The molecule has 1 atom stereocenters. The first-order valence-corrected chi connectivity index (χ1v) is 9.17. The van der Waals surface area contributed by atoms with E-state index in [0.717, 1.165) is 47.8 Å². The summed E-state index contributed by atoms with van der Waals surface area (Å²) in [4.78, 5) is 24.1. The van der Waals surface area contributed by atoms with Crippen LogP contribution in [0.2, 0.25) is 0 Å². The molecule has 25 heavy (non-hydrogen) atoms. The summed E-state index contributed by atoms with van der Waals surface area (Å²) in [5.41, 5.74) is 3.25. The molecule has 4 rings (SSSR count). The summed E-state index contributed by atoms with van der Waals surface area (Å²) in [5, 5.41) is 3.52. The number of nitrogens with zero attached hydrogens (tertiary/aromatic N) is 3. The molecule has 130 valence electrons. The molecule has 5 nitrogen and oxygen atoms in total. The van der Waals surface area contributed by atoms with E-state index in [-0.39, 0.29) is 11.9 Å². The number of aromatic nitrogens is 2. The SMILES string of the molecule is Cc1nc(C2CCCCN2)nc2c1CCC(=O)N2Cc1ccccc1. The van der Waals surface area contributed by atoms with Crippen molar-refractivity contribution in [1.29, 1.82) is 0 Å². The third kappa shape index (κ3) is 3.29. The molecule has 2 aliphatic rings. The summed E-state index contributed by atoms with van der Waals surface area (Å²) >= 11 is 0. The van der Waals surface area contributed by atoms with E-state index in [9.17, 15) is 4.79 Å². The molecule has 1 N–H and O–H groups in total. The second-order valence-electron chi connectivity index (χ2n) is 6.94. The van der Waals surface area contributed by atoms with Crippen molar-refractivity contribution in [3.05, 3.63) is 53.0 Å². The molecule has 2 aromatic rings. The van der Waals surface area contributed by atoms with E-state index < -0.39 is 0 Å². The number of hydrogen-bond donors (Lipinski definition) is 1. The molecule has 0 spiro atoms. The maximum Gasteiger partial charge on any atom is 0.228 e. The summed E-state index contributed by atoms with van der Waals surface area (Å²) in [6, 6.07) is 10.3. The van der Waals surface area contributed by atoms with Gasteiger partial charge in [0.25, 0.3) is 0 Å². The zero-order valence-electron chi connectivity index (χ0n) is 14.7. The molecule has 0 aliphatic carbocycles. The van der Waals surface area contributed by atoms with Gasteiger partial charge in [-0.15, -0.1) is 0 Å². The Balaban J connectivity index is 1.71. The number of anilines is 1. The van der Waals surface area contributed by atoms with Crippen LogP contribution in [0.25, 0.3) is 0 Å².